The highest BCUT2D eigenvalue weighted by molar-refractivity contribution is 6.29. The topological polar surface area (TPSA) is 109 Å². The van der Waals surface area contributed by atoms with Crippen molar-refractivity contribution >= 4 is 29.4 Å². The number of amides is 2. The summed E-state index contributed by atoms with van der Waals surface area (Å²) in [5.74, 6) is 1.03. The van der Waals surface area contributed by atoms with Gasteiger partial charge in [-0.3, -0.25) is 4.90 Å². The maximum Gasteiger partial charge on any atom is 0.338 e. The average Bonchev–Trinajstić information content (AvgIpc) is 2.85. The third-order valence-electron chi connectivity index (χ3n) is 5.93. The molecule has 0 bridgehead atoms. The number of nitrogens with one attached hydrogen (secondary N) is 2. The van der Waals surface area contributed by atoms with Gasteiger partial charge in [0, 0.05) is 38.4 Å². The van der Waals surface area contributed by atoms with Crippen LogP contribution in [0.1, 0.15) is 32.4 Å². The number of halogens is 1. The molecule has 2 aromatic rings. The highest BCUT2D eigenvalue weighted by atomic mass is 35.5. The number of piperazine rings is 1. The number of ether oxygens (including phenoxy) is 2. The van der Waals surface area contributed by atoms with Gasteiger partial charge < -0.3 is 25.0 Å². The lowest BCUT2D eigenvalue weighted by Gasteiger charge is -2.37. The molecule has 2 aliphatic heterocycles. The third kappa shape index (κ3) is 6.24. The predicted octanol–water partition coefficient (Wildman–Crippen LogP) is 2.91. The molecule has 0 aliphatic carbocycles. The Morgan fingerprint density at radius 1 is 1.11 bits per heavy atom. The Labute approximate surface area is 215 Å². The normalized spacial score (nSPS) is 18.6. The van der Waals surface area contributed by atoms with E-state index in [0.717, 1.165) is 43.3 Å². The number of nitrogens with zero attached hydrogens (tertiary/aromatic N) is 4. The second-order valence-electron chi connectivity index (χ2n) is 8.86. The summed E-state index contributed by atoms with van der Waals surface area (Å²) in [4.78, 5) is 30.0. The smallest absolute Gasteiger partial charge is 0.338 e. The van der Waals surface area contributed by atoms with Gasteiger partial charge >= 0.3 is 12.0 Å². The Balaban J connectivity index is 1.54. The summed E-state index contributed by atoms with van der Waals surface area (Å²) in [5, 5.41) is 14.2. The molecule has 10 nitrogen and oxygen atoms in total. The van der Waals surface area contributed by atoms with E-state index < -0.39 is 12.0 Å². The predicted molar refractivity (Wildman–Crippen MR) is 136 cm³/mol. The summed E-state index contributed by atoms with van der Waals surface area (Å²) in [6.07, 6.45) is 0.0447. The highest BCUT2D eigenvalue weighted by Crippen LogP contribution is 2.30. The number of benzene rings is 1. The molecule has 2 aliphatic rings. The lowest BCUT2D eigenvalue weighted by atomic mass is 9.94. The lowest BCUT2D eigenvalue weighted by Crippen LogP contribution is -2.52. The molecule has 0 radical (unpaired) electrons. The molecule has 3 heterocycles. The number of hydrogen-bond donors (Lipinski definition) is 2. The molecule has 1 aromatic heterocycles. The minimum absolute atomic E-state index is 0.0447. The molecule has 0 saturated carbocycles. The van der Waals surface area contributed by atoms with Gasteiger partial charge in [-0.1, -0.05) is 23.7 Å². The average molecular weight is 515 g/mol. The first-order valence-corrected chi connectivity index (χ1v) is 12.4. The fourth-order valence-corrected chi connectivity index (χ4v) is 4.39. The molecule has 1 atom stereocenters. The van der Waals surface area contributed by atoms with Gasteiger partial charge in [0.05, 0.1) is 24.3 Å². The van der Waals surface area contributed by atoms with E-state index in [9.17, 15) is 9.59 Å². The van der Waals surface area contributed by atoms with E-state index >= 15 is 0 Å². The van der Waals surface area contributed by atoms with Crippen LogP contribution in [0.3, 0.4) is 0 Å². The quantitative estimate of drug-likeness (QED) is 0.518. The molecule has 0 unspecified atom stereocenters. The Kier molecular flexibility index (Phi) is 8.27. The largest absolute Gasteiger partial charge is 0.491 e. The van der Waals surface area contributed by atoms with Crippen molar-refractivity contribution in [3.8, 4) is 5.75 Å². The number of esters is 1. The fraction of sp³-hybridized carbons (Fsp3) is 0.440. The number of aromatic nitrogens is 2. The summed E-state index contributed by atoms with van der Waals surface area (Å²) >= 11 is 5.85. The number of anilines is 1. The van der Waals surface area contributed by atoms with E-state index in [2.05, 4.69) is 30.6 Å². The van der Waals surface area contributed by atoms with Crippen LogP contribution in [-0.2, 0) is 9.53 Å². The maximum atomic E-state index is 13.1. The van der Waals surface area contributed by atoms with E-state index in [-0.39, 0.29) is 18.7 Å². The second-order valence-corrected chi connectivity index (χ2v) is 9.24. The van der Waals surface area contributed by atoms with E-state index in [1.807, 2.05) is 44.2 Å². The summed E-state index contributed by atoms with van der Waals surface area (Å²) in [6.45, 7) is 9.22. The molecule has 36 heavy (non-hydrogen) atoms. The van der Waals surface area contributed by atoms with Crippen LogP contribution in [0.5, 0.6) is 5.75 Å². The van der Waals surface area contributed by atoms with Gasteiger partial charge in [0.2, 0.25) is 0 Å². The van der Waals surface area contributed by atoms with Crippen LogP contribution in [0, 0.1) is 0 Å². The number of carbonyl (C=O) groups excluding carboxylic acids is 2. The zero-order valence-corrected chi connectivity index (χ0v) is 21.4. The van der Waals surface area contributed by atoms with Gasteiger partial charge in [-0.15, -0.1) is 10.2 Å². The van der Waals surface area contributed by atoms with Gasteiger partial charge in [0.1, 0.15) is 5.75 Å². The van der Waals surface area contributed by atoms with Crippen molar-refractivity contribution in [1.82, 2.24) is 25.7 Å². The molecule has 4 rings (SSSR count). The third-order valence-corrected chi connectivity index (χ3v) is 6.13. The first-order chi connectivity index (χ1) is 17.3. The van der Waals surface area contributed by atoms with Gasteiger partial charge in [-0.05, 0) is 50.6 Å². The van der Waals surface area contributed by atoms with Gasteiger partial charge in [0.15, 0.2) is 11.0 Å². The molecule has 2 N–H and O–H groups in total. The first kappa shape index (κ1) is 25.7. The van der Waals surface area contributed by atoms with Crippen molar-refractivity contribution in [2.75, 3.05) is 44.2 Å². The minimum atomic E-state index is -0.633. The van der Waals surface area contributed by atoms with E-state index in [1.165, 1.54) is 0 Å². The van der Waals surface area contributed by atoms with Gasteiger partial charge in [0.25, 0.3) is 0 Å². The molecular formula is C25H31ClN6O4. The second kappa shape index (κ2) is 11.6. The van der Waals surface area contributed by atoms with Crippen molar-refractivity contribution in [2.45, 2.75) is 32.9 Å². The Morgan fingerprint density at radius 2 is 1.83 bits per heavy atom. The minimum Gasteiger partial charge on any atom is -0.491 e. The molecule has 1 aromatic carbocycles. The van der Waals surface area contributed by atoms with Crippen LogP contribution in [0.2, 0.25) is 5.15 Å². The standard InChI is InChI=1S/C25H31ClN6O4/c1-4-35-24(33)22-19(15-31-11-13-32(14-12-31)21-10-9-20(26)29-30-21)27-25(34)28-23(22)17-5-7-18(8-6-17)36-16(2)3/h5-10,16,23H,4,11-15H2,1-3H3,(H2,27,28,34)/t23-/m0/s1. The summed E-state index contributed by atoms with van der Waals surface area (Å²) in [6, 6.07) is 9.97. The number of carbonyl (C=O) groups is 2. The SMILES string of the molecule is CCOC(=O)C1=C(CN2CCN(c3ccc(Cl)nn3)CC2)NC(=O)N[C@H]1c1ccc(OC(C)C)cc1. The van der Waals surface area contributed by atoms with Gasteiger partial charge in [-0.25, -0.2) is 9.59 Å². The van der Waals surface area contributed by atoms with Crippen molar-refractivity contribution in [2.24, 2.45) is 0 Å². The van der Waals surface area contributed by atoms with E-state index in [0.29, 0.717) is 23.0 Å². The van der Waals surface area contributed by atoms with Crippen molar-refractivity contribution < 1.29 is 19.1 Å². The Bertz CT molecular complexity index is 1100. The fourth-order valence-electron chi connectivity index (χ4n) is 4.29. The van der Waals surface area contributed by atoms with Crippen molar-refractivity contribution in [3.05, 3.63) is 58.4 Å². The lowest BCUT2D eigenvalue weighted by molar-refractivity contribution is -0.139. The first-order valence-electron chi connectivity index (χ1n) is 12.0. The molecule has 1 fully saturated rings. The summed E-state index contributed by atoms with van der Waals surface area (Å²) < 4.78 is 11.1. The van der Waals surface area contributed by atoms with Crippen LogP contribution in [0.15, 0.2) is 47.7 Å². The molecule has 192 valence electrons. The van der Waals surface area contributed by atoms with E-state index in [4.69, 9.17) is 21.1 Å². The summed E-state index contributed by atoms with van der Waals surface area (Å²) in [5.41, 5.74) is 1.72. The molecule has 1 saturated heterocycles. The Morgan fingerprint density at radius 3 is 2.44 bits per heavy atom. The van der Waals surface area contributed by atoms with Gasteiger partial charge in [-0.2, -0.15) is 0 Å². The molecular weight excluding hydrogens is 484 g/mol. The van der Waals surface area contributed by atoms with E-state index in [1.54, 1.807) is 13.0 Å². The van der Waals surface area contributed by atoms with Crippen LogP contribution in [-0.4, -0.2) is 72.5 Å². The molecule has 11 heteroatoms. The van der Waals surface area contributed by atoms with Crippen LogP contribution in [0.25, 0.3) is 0 Å². The summed E-state index contributed by atoms with van der Waals surface area (Å²) in [7, 11) is 0. The van der Waals surface area contributed by atoms with Crippen molar-refractivity contribution in [3.63, 3.8) is 0 Å². The zero-order valence-electron chi connectivity index (χ0n) is 20.7. The van der Waals surface area contributed by atoms with Crippen molar-refractivity contribution in [1.29, 1.82) is 0 Å². The molecule has 2 amide bonds. The number of hydrogen-bond acceptors (Lipinski definition) is 8. The maximum absolute atomic E-state index is 13.1. The number of rotatable bonds is 8. The zero-order chi connectivity index (χ0) is 25.7. The van der Waals surface area contributed by atoms with Crippen LogP contribution >= 0.6 is 11.6 Å². The Hall–Kier alpha value is -3.37. The highest BCUT2D eigenvalue weighted by Gasteiger charge is 2.34. The van der Waals surface area contributed by atoms with Crippen LogP contribution < -0.4 is 20.3 Å². The monoisotopic (exact) mass is 514 g/mol. The number of urea groups is 1. The van der Waals surface area contributed by atoms with Crippen LogP contribution in [0.4, 0.5) is 10.6 Å². The molecule has 0 spiro atoms.